The van der Waals surface area contributed by atoms with Crippen molar-refractivity contribution in [2.24, 2.45) is 11.1 Å². The fourth-order valence-electron chi connectivity index (χ4n) is 1.63. The Morgan fingerprint density at radius 3 is 2.82 bits per heavy atom. The van der Waals surface area contributed by atoms with E-state index in [0.717, 1.165) is 18.9 Å². The summed E-state index contributed by atoms with van der Waals surface area (Å²) in [6.07, 6.45) is 1.56. The molecule has 4 nitrogen and oxygen atoms in total. The van der Waals surface area contributed by atoms with Gasteiger partial charge < -0.3 is 11.1 Å². The summed E-state index contributed by atoms with van der Waals surface area (Å²) in [5.74, 6) is -0.749. The van der Waals surface area contributed by atoms with Crippen molar-refractivity contribution < 1.29 is 9.18 Å². The molecule has 88 valence electrons. The maximum Gasteiger partial charge on any atom is 0.231 e. The molecule has 0 saturated heterocycles. The van der Waals surface area contributed by atoms with Crippen molar-refractivity contribution in [1.29, 1.82) is 5.26 Å². The van der Waals surface area contributed by atoms with Gasteiger partial charge in [-0.05, 0) is 31.0 Å². The number of nitrogens with one attached hydrogen (secondary N) is 1. The van der Waals surface area contributed by atoms with Crippen molar-refractivity contribution in [3.8, 4) is 6.07 Å². The van der Waals surface area contributed by atoms with Crippen LogP contribution in [0.5, 0.6) is 0 Å². The number of hydrogen-bond acceptors (Lipinski definition) is 3. The van der Waals surface area contributed by atoms with E-state index in [9.17, 15) is 9.18 Å². The van der Waals surface area contributed by atoms with Crippen molar-refractivity contribution in [3.05, 3.63) is 29.6 Å². The van der Waals surface area contributed by atoms with E-state index < -0.39 is 11.2 Å². The van der Waals surface area contributed by atoms with E-state index in [4.69, 9.17) is 11.0 Å². The lowest BCUT2D eigenvalue weighted by Gasteiger charge is -2.12. The average molecular weight is 233 g/mol. The highest BCUT2D eigenvalue weighted by atomic mass is 19.1. The highest BCUT2D eigenvalue weighted by Gasteiger charge is 2.48. The molecule has 0 bridgehead atoms. The van der Waals surface area contributed by atoms with Gasteiger partial charge in [-0.15, -0.1) is 0 Å². The number of nitrogens with zero attached hydrogens (tertiary/aromatic N) is 1. The van der Waals surface area contributed by atoms with Crippen LogP contribution in [0.4, 0.5) is 10.1 Å². The summed E-state index contributed by atoms with van der Waals surface area (Å²) in [5.41, 5.74) is 5.41. The fraction of sp³-hybridized carbons (Fsp3) is 0.333. The van der Waals surface area contributed by atoms with Gasteiger partial charge in [0.1, 0.15) is 11.9 Å². The SMILES string of the molecule is N#Cc1cc(NC(=O)C2(CN)CC2)ccc1F. The van der Waals surface area contributed by atoms with Crippen LogP contribution in [0.1, 0.15) is 18.4 Å². The summed E-state index contributed by atoms with van der Waals surface area (Å²) in [6, 6.07) is 5.64. The molecular formula is C12H12FN3O. The van der Waals surface area contributed by atoms with Crippen molar-refractivity contribution >= 4 is 11.6 Å². The van der Waals surface area contributed by atoms with Crippen molar-refractivity contribution in [2.45, 2.75) is 12.8 Å². The standard InChI is InChI=1S/C12H12FN3O/c13-10-2-1-9(5-8(10)6-14)16-11(17)12(7-15)3-4-12/h1-2,5H,3-4,7,15H2,(H,16,17). The first-order valence-electron chi connectivity index (χ1n) is 5.32. The van der Waals surface area contributed by atoms with Crippen LogP contribution in [0.2, 0.25) is 0 Å². The van der Waals surface area contributed by atoms with Crippen LogP contribution < -0.4 is 11.1 Å². The van der Waals surface area contributed by atoms with E-state index in [1.165, 1.54) is 12.1 Å². The predicted octanol–water partition coefficient (Wildman–Crippen LogP) is 1.37. The third kappa shape index (κ3) is 2.12. The van der Waals surface area contributed by atoms with Crippen molar-refractivity contribution in [2.75, 3.05) is 11.9 Å². The van der Waals surface area contributed by atoms with Crippen LogP contribution in [0, 0.1) is 22.6 Å². The Bertz CT molecular complexity index is 503. The van der Waals surface area contributed by atoms with Crippen LogP contribution in [0.15, 0.2) is 18.2 Å². The molecule has 1 amide bonds. The van der Waals surface area contributed by atoms with Gasteiger partial charge in [0.2, 0.25) is 5.91 Å². The summed E-state index contributed by atoms with van der Waals surface area (Å²) >= 11 is 0. The number of hydrogen-bond donors (Lipinski definition) is 2. The van der Waals surface area contributed by atoms with Crippen molar-refractivity contribution in [3.63, 3.8) is 0 Å². The summed E-state index contributed by atoms with van der Waals surface area (Å²) in [5, 5.41) is 11.3. The molecule has 1 aromatic rings. The second-order valence-electron chi connectivity index (χ2n) is 4.25. The molecule has 0 aliphatic heterocycles. The topological polar surface area (TPSA) is 78.9 Å². The Labute approximate surface area is 98.2 Å². The molecule has 17 heavy (non-hydrogen) atoms. The first-order chi connectivity index (χ1) is 8.11. The first kappa shape index (κ1) is 11.6. The molecular weight excluding hydrogens is 221 g/mol. The number of nitrogens with two attached hydrogens (primary N) is 1. The third-order valence-corrected chi connectivity index (χ3v) is 3.07. The molecule has 3 N–H and O–H groups in total. The minimum atomic E-state index is -0.592. The predicted molar refractivity (Wildman–Crippen MR) is 60.5 cm³/mol. The molecule has 1 aliphatic carbocycles. The molecule has 1 aliphatic rings. The number of benzene rings is 1. The molecule has 1 saturated carbocycles. The quantitative estimate of drug-likeness (QED) is 0.827. The second kappa shape index (κ2) is 4.15. The van der Waals surface area contributed by atoms with Gasteiger partial charge >= 0.3 is 0 Å². The van der Waals surface area contributed by atoms with Gasteiger partial charge in [0.25, 0.3) is 0 Å². The van der Waals surface area contributed by atoms with Crippen LogP contribution in [0.25, 0.3) is 0 Å². The Hall–Kier alpha value is -1.93. The highest BCUT2D eigenvalue weighted by molar-refractivity contribution is 5.97. The maximum absolute atomic E-state index is 13.1. The molecule has 0 radical (unpaired) electrons. The largest absolute Gasteiger partial charge is 0.329 e. The van der Waals surface area contributed by atoms with Gasteiger partial charge in [0.15, 0.2) is 0 Å². The number of halogens is 1. The molecule has 0 aromatic heterocycles. The van der Waals surface area contributed by atoms with E-state index in [0.29, 0.717) is 12.2 Å². The lowest BCUT2D eigenvalue weighted by Crippen LogP contribution is -2.30. The van der Waals surface area contributed by atoms with E-state index in [2.05, 4.69) is 5.32 Å². The molecule has 5 heteroatoms. The molecule has 2 rings (SSSR count). The number of carbonyl (C=O) groups excluding carboxylic acids is 1. The van der Waals surface area contributed by atoms with Crippen LogP contribution in [-0.2, 0) is 4.79 Å². The number of amides is 1. The molecule has 0 spiro atoms. The van der Waals surface area contributed by atoms with Crippen molar-refractivity contribution in [1.82, 2.24) is 0 Å². The monoisotopic (exact) mass is 233 g/mol. The summed E-state index contributed by atoms with van der Waals surface area (Å²) in [4.78, 5) is 11.8. The third-order valence-electron chi connectivity index (χ3n) is 3.07. The Kier molecular flexibility index (Phi) is 2.82. The van der Waals surface area contributed by atoms with Gasteiger partial charge in [-0.3, -0.25) is 4.79 Å². The number of carbonyl (C=O) groups is 1. The average Bonchev–Trinajstić information content (AvgIpc) is 3.12. The fourth-order valence-corrected chi connectivity index (χ4v) is 1.63. The Morgan fingerprint density at radius 1 is 1.59 bits per heavy atom. The Morgan fingerprint density at radius 2 is 2.29 bits per heavy atom. The minimum Gasteiger partial charge on any atom is -0.329 e. The van der Waals surface area contributed by atoms with E-state index >= 15 is 0 Å². The number of anilines is 1. The van der Waals surface area contributed by atoms with Gasteiger partial charge in [0.05, 0.1) is 11.0 Å². The van der Waals surface area contributed by atoms with Crippen LogP contribution in [0.3, 0.4) is 0 Å². The van der Waals surface area contributed by atoms with E-state index in [-0.39, 0.29) is 11.5 Å². The summed E-state index contributed by atoms with van der Waals surface area (Å²) in [6.45, 7) is 0.311. The Balaban J connectivity index is 2.15. The lowest BCUT2D eigenvalue weighted by atomic mass is 10.1. The van der Waals surface area contributed by atoms with Crippen LogP contribution in [-0.4, -0.2) is 12.5 Å². The summed E-state index contributed by atoms with van der Waals surface area (Å²) in [7, 11) is 0. The molecule has 0 unspecified atom stereocenters. The highest BCUT2D eigenvalue weighted by Crippen LogP contribution is 2.45. The number of rotatable bonds is 3. The van der Waals surface area contributed by atoms with Gasteiger partial charge in [0, 0.05) is 12.2 Å². The minimum absolute atomic E-state index is 0.0830. The summed E-state index contributed by atoms with van der Waals surface area (Å²) < 4.78 is 13.1. The second-order valence-corrected chi connectivity index (χ2v) is 4.25. The smallest absolute Gasteiger partial charge is 0.231 e. The maximum atomic E-state index is 13.1. The zero-order chi connectivity index (χ0) is 12.5. The number of nitriles is 1. The first-order valence-corrected chi connectivity index (χ1v) is 5.32. The van der Waals surface area contributed by atoms with Crippen LogP contribution >= 0.6 is 0 Å². The lowest BCUT2D eigenvalue weighted by molar-refractivity contribution is -0.120. The molecule has 1 fully saturated rings. The van der Waals surface area contributed by atoms with E-state index in [1.807, 2.05) is 0 Å². The van der Waals surface area contributed by atoms with Gasteiger partial charge in [-0.2, -0.15) is 5.26 Å². The molecule has 1 aromatic carbocycles. The van der Waals surface area contributed by atoms with E-state index in [1.54, 1.807) is 6.07 Å². The normalized spacial score (nSPS) is 16.1. The zero-order valence-electron chi connectivity index (χ0n) is 9.16. The van der Waals surface area contributed by atoms with Gasteiger partial charge in [-0.1, -0.05) is 0 Å². The zero-order valence-corrected chi connectivity index (χ0v) is 9.16. The molecule has 0 heterocycles. The van der Waals surface area contributed by atoms with Gasteiger partial charge in [-0.25, -0.2) is 4.39 Å². The molecule has 0 atom stereocenters.